The van der Waals surface area contributed by atoms with Crippen molar-refractivity contribution in [3.05, 3.63) is 28.5 Å². The maximum absolute atomic E-state index is 12.1. The Balaban J connectivity index is 1.55. The molecule has 1 amide bonds. The van der Waals surface area contributed by atoms with E-state index in [1.54, 1.807) is 22.2 Å². The summed E-state index contributed by atoms with van der Waals surface area (Å²) in [4.78, 5) is 18.0. The lowest BCUT2D eigenvalue weighted by atomic mass is 10.0. The molecule has 0 aromatic carbocycles. The number of amides is 1. The van der Waals surface area contributed by atoms with Crippen molar-refractivity contribution in [2.75, 3.05) is 5.32 Å². The summed E-state index contributed by atoms with van der Waals surface area (Å²) in [6.45, 7) is 2.60. The first-order valence-electron chi connectivity index (χ1n) is 7.98. The topological polar surface area (TPSA) is 59.8 Å². The third-order valence-electron chi connectivity index (χ3n) is 3.92. The molecule has 0 spiro atoms. The van der Waals surface area contributed by atoms with Crippen LogP contribution >= 0.6 is 11.3 Å². The summed E-state index contributed by atoms with van der Waals surface area (Å²) in [6, 6.07) is 0. The number of hydrogen-bond donors (Lipinski definition) is 1. The molecule has 0 radical (unpaired) electrons. The molecule has 1 N–H and O–H groups in total. The molecule has 1 aliphatic carbocycles. The van der Waals surface area contributed by atoms with Crippen LogP contribution < -0.4 is 5.32 Å². The molecule has 0 saturated carbocycles. The van der Waals surface area contributed by atoms with Crippen LogP contribution in [-0.4, -0.2) is 20.7 Å². The summed E-state index contributed by atoms with van der Waals surface area (Å²) in [6.07, 6.45) is 11.4. The molecule has 3 rings (SSSR count). The van der Waals surface area contributed by atoms with Gasteiger partial charge in [-0.05, 0) is 38.2 Å². The van der Waals surface area contributed by atoms with Crippen LogP contribution in [0.5, 0.6) is 0 Å². The van der Waals surface area contributed by atoms with Gasteiger partial charge in [0.15, 0.2) is 5.13 Å². The van der Waals surface area contributed by atoms with E-state index in [9.17, 15) is 4.79 Å². The number of anilines is 1. The Kier molecular flexibility index (Phi) is 4.87. The first-order chi connectivity index (χ1) is 10.7. The third-order valence-corrected chi connectivity index (χ3v) is 5.00. The SMILES string of the molecule is Cc1cnn(CCC(=O)Nc2nc3c(s2)CCCCCC3)c1. The van der Waals surface area contributed by atoms with Crippen LogP contribution in [0, 0.1) is 6.92 Å². The zero-order chi connectivity index (χ0) is 15.4. The highest BCUT2D eigenvalue weighted by atomic mass is 32.1. The molecule has 2 aromatic heterocycles. The Morgan fingerprint density at radius 2 is 2.14 bits per heavy atom. The fourth-order valence-corrected chi connectivity index (χ4v) is 3.81. The molecule has 2 heterocycles. The molecule has 22 heavy (non-hydrogen) atoms. The Labute approximate surface area is 134 Å². The van der Waals surface area contributed by atoms with Crippen molar-refractivity contribution >= 4 is 22.4 Å². The number of fused-ring (bicyclic) bond motifs is 1. The van der Waals surface area contributed by atoms with Gasteiger partial charge in [-0.3, -0.25) is 9.48 Å². The van der Waals surface area contributed by atoms with Crippen LogP contribution in [0.3, 0.4) is 0 Å². The summed E-state index contributed by atoms with van der Waals surface area (Å²) in [5, 5.41) is 7.89. The number of aryl methyl sites for hydroxylation is 4. The van der Waals surface area contributed by atoms with Gasteiger partial charge in [0.1, 0.15) is 0 Å². The maximum Gasteiger partial charge on any atom is 0.228 e. The van der Waals surface area contributed by atoms with Crippen molar-refractivity contribution in [3.8, 4) is 0 Å². The molecule has 0 unspecified atom stereocenters. The lowest BCUT2D eigenvalue weighted by molar-refractivity contribution is -0.116. The summed E-state index contributed by atoms with van der Waals surface area (Å²) in [5.41, 5.74) is 2.31. The van der Waals surface area contributed by atoms with Crippen molar-refractivity contribution < 1.29 is 4.79 Å². The smallest absolute Gasteiger partial charge is 0.228 e. The fourth-order valence-electron chi connectivity index (χ4n) is 2.75. The maximum atomic E-state index is 12.1. The average Bonchev–Trinajstić information content (AvgIpc) is 3.03. The van der Waals surface area contributed by atoms with E-state index in [2.05, 4.69) is 15.4 Å². The predicted octanol–water partition coefficient (Wildman–Crippen LogP) is 3.34. The van der Waals surface area contributed by atoms with Gasteiger partial charge in [0.2, 0.25) is 5.91 Å². The van der Waals surface area contributed by atoms with E-state index in [-0.39, 0.29) is 5.91 Å². The van der Waals surface area contributed by atoms with Gasteiger partial charge in [-0.2, -0.15) is 5.10 Å². The van der Waals surface area contributed by atoms with Crippen LogP contribution in [0.2, 0.25) is 0 Å². The van der Waals surface area contributed by atoms with Gasteiger partial charge in [0.25, 0.3) is 0 Å². The Bertz CT molecular complexity index is 621. The standard InChI is InChI=1S/C16H22N4OS/c1-12-10-17-20(11-12)9-8-15(21)19-16-18-13-6-4-2-3-5-7-14(13)22-16/h10-11H,2-9H2,1H3,(H,18,19,21). The van der Waals surface area contributed by atoms with E-state index in [1.165, 1.54) is 36.3 Å². The van der Waals surface area contributed by atoms with E-state index in [1.807, 2.05) is 13.1 Å². The van der Waals surface area contributed by atoms with E-state index < -0.39 is 0 Å². The number of rotatable bonds is 4. The lowest BCUT2D eigenvalue weighted by Gasteiger charge is -2.06. The van der Waals surface area contributed by atoms with Crippen molar-refractivity contribution in [2.24, 2.45) is 0 Å². The number of nitrogens with zero attached hydrogens (tertiary/aromatic N) is 3. The molecule has 0 bridgehead atoms. The van der Waals surface area contributed by atoms with Crippen LogP contribution in [0.25, 0.3) is 0 Å². The van der Waals surface area contributed by atoms with Gasteiger partial charge in [0.05, 0.1) is 11.9 Å². The first kappa shape index (κ1) is 15.2. The van der Waals surface area contributed by atoms with Crippen molar-refractivity contribution in [3.63, 3.8) is 0 Å². The molecular weight excluding hydrogens is 296 g/mol. The molecule has 5 nitrogen and oxygen atoms in total. The summed E-state index contributed by atoms with van der Waals surface area (Å²) in [5.74, 6) is 0.00914. The Morgan fingerprint density at radius 3 is 2.91 bits per heavy atom. The number of hydrogen-bond acceptors (Lipinski definition) is 4. The van der Waals surface area contributed by atoms with Gasteiger partial charge in [-0.25, -0.2) is 4.98 Å². The Hall–Kier alpha value is -1.69. The largest absolute Gasteiger partial charge is 0.302 e. The molecule has 0 fully saturated rings. The third kappa shape index (κ3) is 3.94. The minimum atomic E-state index is 0.00914. The number of carbonyl (C=O) groups is 1. The monoisotopic (exact) mass is 318 g/mol. The zero-order valence-corrected chi connectivity index (χ0v) is 13.8. The normalized spacial score (nSPS) is 15.0. The first-order valence-corrected chi connectivity index (χ1v) is 8.80. The highest BCUT2D eigenvalue weighted by Gasteiger charge is 2.14. The van der Waals surface area contributed by atoms with Gasteiger partial charge in [0, 0.05) is 24.0 Å². The van der Waals surface area contributed by atoms with Crippen LogP contribution in [0.4, 0.5) is 5.13 Å². The number of aromatic nitrogens is 3. The van der Waals surface area contributed by atoms with Crippen LogP contribution in [-0.2, 0) is 24.2 Å². The van der Waals surface area contributed by atoms with Crippen LogP contribution in [0.1, 0.15) is 48.2 Å². The van der Waals surface area contributed by atoms with Crippen LogP contribution in [0.15, 0.2) is 12.4 Å². The summed E-state index contributed by atoms with van der Waals surface area (Å²) >= 11 is 1.65. The fraction of sp³-hybridized carbons (Fsp3) is 0.562. The highest BCUT2D eigenvalue weighted by Crippen LogP contribution is 2.28. The van der Waals surface area contributed by atoms with Gasteiger partial charge in [-0.15, -0.1) is 11.3 Å². The number of thiazole rings is 1. The minimum absolute atomic E-state index is 0.00914. The quantitative estimate of drug-likeness (QED) is 0.940. The van der Waals surface area contributed by atoms with E-state index in [0.29, 0.717) is 13.0 Å². The second-order valence-corrected chi connectivity index (χ2v) is 6.97. The minimum Gasteiger partial charge on any atom is -0.302 e. The van der Waals surface area contributed by atoms with E-state index in [0.717, 1.165) is 23.5 Å². The molecule has 0 saturated heterocycles. The van der Waals surface area contributed by atoms with Gasteiger partial charge < -0.3 is 5.32 Å². The second kappa shape index (κ2) is 7.05. The molecule has 0 aliphatic heterocycles. The second-order valence-electron chi connectivity index (χ2n) is 5.88. The summed E-state index contributed by atoms with van der Waals surface area (Å²) in [7, 11) is 0. The van der Waals surface area contributed by atoms with Crippen molar-refractivity contribution in [1.82, 2.24) is 14.8 Å². The van der Waals surface area contributed by atoms with Gasteiger partial charge in [-0.1, -0.05) is 12.8 Å². The Morgan fingerprint density at radius 1 is 1.32 bits per heavy atom. The number of carbonyl (C=O) groups excluding carboxylic acids is 1. The molecule has 0 atom stereocenters. The van der Waals surface area contributed by atoms with Crippen molar-refractivity contribution in [1.29, 1.82) is 0 Å². The molecule has 118 valence electrons. The number of nitrogens with one attached hydrogen (secondary N) is 1. The zero-order valence-electron chi connectivity index (χ0n) is 13.0. The van der Waals surface area contributed by atoms with E-state index >= 15 is 0 Å². The van der Waals surface area contributed by atoms with Gasteiger partial charge >= 0.3 is 0 Å². The average molecular weight is 318 g/mol. The highest BCUT2D eigenvalue weighted by molar-refractivity contribution is 7.15. The predicted molar refractivity (Wildman–Crippen MR) is 88.2 cm³/mol. The molecule has 6 heteroatoms. The molecule has 1 aliphatic rings. The lowest BCUT2D eigenvalue weighted by Crippen LogP contribution is -2.14. The summed E-state index contributed by atoms with van der Waals surface area (Å²) < 4.78 is 1.80. The molecule has 2 aromatic rings. The van der Waals surface area contributed by atoms with E-state index in [4.69, 9.17) is 0 Å². The molecular formula is C16H22N4OS. The van der Waals surface area contributed by atoms with Crippen molar-refractivity contribution in [2.45, 2.75) is 58.4 Å².